The zero-order valence-electron chi connectivity index (χ0n) is 16.8. The Bertz CT molecular complexity index is 1140. The van der Waals surface area contributed by atoms with E-state index in [9.17, 15) is 22.8 Å². The molecule has 0 fully saturated rings. The third-order valence-corrected chi connectivity index (χ3v) is 4.84. The fraction of sp³-hybridized carbons (Fsp3) is 0.300. The Morgan fingerprint density at radius 3 is 2.62 bits per heavy atom. The Morgan fingerprint density at radius 1 is 1.19 bits per heavy atom. The average molecular weight is 471 g/mol. The molecule has 0 spiro atoms. The second-order valence-electron chi connectivity index (χ2n) is 6.92. The average Bonchev–Trinajstić information content (AvgIpc) is 3.31. The van der Waals surface area contributed by atoms with Crippen LogP contribution in [-0.4, -0.2) is 36.6 Å². The normalized spacial score (nSPS) is 11.5. The second kappa shape index (κ2) is 9.43. The maximum atomic E-state index is 13.1. The summed E-state index contributed by atoms with van der Waals surface area (Å²) < 4.78 is 47.4. The molecule has 0 saturated heterocycles. The zero-order valence-corrected chi connectivity index (χ0v) is 17.5. The first kappa shape index (κ1) is 23.3. The van der Waals surface area contributed by atoms with Crippen molar-refractivity contribution in [1.82, 2.24) is 19.6 Å². The van der Waals surface area contributed by atoms with Crippen LogP contribution in [-0.2, 0) is 40.7 Å². The summed E-state index contributed by atoms with van der Waals surface area (Å²) in [6.07, 6.45) is -2.06. The van der Waals surface area contributed by atoms with Gasteiger partial charge in [0.25, 0.3) is 0 Å². The molecule has 0 atom stereocenters. The standard InChI is InChI=1S/C20H18ClF3N4O4/c1-27-15(7-14(26-27)11-32-19(31)5-4-18(29)30)10-28-9-13(8-25-28)12-2-3-17(21)16(6-12)20(22,23)24/h2-3,6-9H,4-5,10-11H2,1H3,(H,29,30). The van der Waals surface area contributed by atoms with Gasteiger partial charge in [-0.3, -0.25) is 19.0 Å². The molecule has 0 amide bonds. The molecule has 12 heteroatoms. The predicted molar refractivity (Wildman–Crippen MR) is 107 cm³/mol. The number of esters is 1. The van der Waals surface area contributed by atoms with E-state index in [4.69, 9.17) is 21.4 Å². The van der Waals surface area contributed by atoms with Gasteiger partial charge < -0.3 is 9.84 Å². The molecule has 1 N–H and O–H groups in total. The first-order valence-electron chi connectivity index (χ1n) is 9.31. The van der Waals surface area contributed by atoms with Crippen molar-refractivity contribution in [1.29, 1.82) is 0 Å². The first-order chi connectivity index (χ1) is 15.0. The Morgan fingerprint density at radius 2 is 1.94 bits per heavy atom. The molecule has 0 radical (unpaired) electrons. The van der Waals surface area contributed by atoms with Gasteiger partial charge in [0.05, 0.1) is 41.9 Å². The van der Waals surface area contributed by atoms with Crippen LogP contribution < -0.4 is 0 Å². The quantitative estimate of drug-likeness (QED) is 0.501. The summed E-state index contributed by atoms with van der Waals surface area (Å²) in [5, 5.41) is 16.6. The van der Waals surface area contributed by atoms with Gasteiger partial charge in [0.2, 0.25) is 0 Å². The lowest BCUT2D eigenvalue weighted by molar-refractivity contribution is -0.148. The third-order valence-electron chi connectivity index (χ3n) is 4.51. The number of alkyl halides is 3. The number of aromatic nitrogens is 4. The number of halogens is 4. The number of benzene rings is 1. The van der Waals surface area contributed by atoms with E-state index in [0.29, 0.717) is 22.5 Å². The van der Waals surface area contributed by atoms with Crippen LogP contribution in [0.4, 0.5) is 13.2 Å². The van der Waals surface area contributed by atoms with Gasteiger partial charge in [-0.15, -0.1) is 0 Å². The van der Waals surface area contributed by atoms with Gasteiger partial charge in [0.15, 0.2) is 0 Å². The van der Waals surface area contributed by atoms with Crippen molar-refractivity contribution in [2.45, 2.75) is 32.2 Å². The molecule has 1 aromatic carbocycles. The molecule has 2 heterocycles. The fourth-order valence-corrected chi connectivity index (χ4v) is 3.14. The summed E-state index contributed by atoms with van der Waals surface area (Å²) in [7, 11) is 1.68. The number of ether oxygens (including phenoxy) is 1. The maximum absolute atomic E-state index is 13.1. The molecule has 3 rings (SSSR count). The van der Waals surface area contributed by atoms with Crippen molar-refractivity contribution in [3.05, 3.63) is 58.6 Å². The number of aryl methyl sites for hydroxylation is 1. The second-order valence-corrected chi connectivity index (χ2v) is 7.33. The number of hydrogen-bond donors (Lipinski definition) is 1. The number of carbonyl (C=O) groups excluding carboxylic acids is 1. The molecule has 0 bridgehead atoms. The summed E-state index contributed by atoms with van der Waals surface area (Å²) >= 11 is 5.67. The molecular weight excluding hydrogens is 453 g/mol. The topological polar surface area (TPSA) is 99.2 Å². The minimum absolute atomic E-state index is 0.109. The van der Waals surface area contributed by atoms with E-state index >= 15 is 0 Å². The lowest BCUT2D eigenvalue weighted by atomic mass is 10.1. The molecule has 0 saturated carbocycles. The predicted octanol–water partition coefficient (Wildman–Crippen LogP) is 3.91. The van der Waals surface area contributed by atoms with Crippen molar-refractivity contribution >= 4 is 23.5 Å². The number of aliphatic carboxylic acids is 1. The Kier molecular flexibility index (Phi) is 6.87. The van der Waals surface area contributed by atoms with Crippen molar-refractivity contribution in [3.8, 4) is 11.1 Å². The summed E-state index contributed by atoms with van der Waals surface area (Å²) in [6.45, 7) is 0.165. The summed E-state index contributed by atoms with van der Waals surface area (Å²) in [4.78, 5) is 22.0. The summed E-state index contributed by atoms with van der Waals surface area (Å²) in [5.74, 6) is -1.73. The number of carbonyl (C=O) groups is 2. The van der Waals surface area contributed by atoms with E-state index in [2.05, 4.69) is 10.2 Å². The van der Waals surface area contributed by atoms with Crippen LogP contribution >= 0.6 is 11.6 Å². The minimum atomic E-state index is -4.56. The number of carboxylic acids is 1. The molecule has 0 aliphatic heterocycles. The van der Waals surface area contributed by atoms with Crippen LogP contribution in [0.5, 0.6) is 0 Å². The van der Waals surface area contributed by atoms with Crippen molar-refractivity contribution in [2.24, 2.45) is 7.05 Å². The molecule has 0 unspecified atom stereocenters. The van der Waals surface area contributed by atoms with Gasteiger partial charge in [-0.2, -0.15) is 23.4 Å². The Balaban J connectivity index is 1.67. The smallest absolute Gasteiger partial charge is 0.417 e. The monoisotopic (exact) mass is 470 g/mol. The van der Waals surface area contributed by atoms with Gasteiger partial charge in [-0.05, 0) is 23.8 Å². The van der Waals surface area contributed by atoms with Crippen LogP contribution in [0.1, 0.15) is 29.8 Å². The molecule has 8 nitrogen and oxygen atoms in total. The highest BCUT2D eigenvalue weighted by Gasteiger charge is 2.33. The third kappa shape index (κ3) is 5.88. The molecule has 2 aromatic heterocycles. The lowest BCUT2D eigenvalue weighted by Crippen LogP contribution is -2.08. The maximum Gasteiger partial charge on any atom is 0.417 e. The number of carboxylic acid groups (broad SMARTS) is 1. The zero-order chi connectivity index (χ0) is 23.5. The molecule has 0 aliphatic rings. The van der Waals surface area contributed by atoms with Crippen LogP contribution in [0.2, 0.25) is 5.02 Å². The fourth-order valence-electron chi connectivity index (χ4n) is 2.91. The van der Waals surface area contributed by atoms with Gasteiger partial charge >= 0.3 is 18.1 Å². The number of hydrogen-bond acceptors (Lipinski definition) is 5. The highest BCUT2D eigenvalue weighted by atomic mass is 35.5. The van der Waals surface area contributed by atoms with Gasteiger partial charge in [0.1, 0.15) is 12.3 Å². The number of rotatable bonds is 8. The van der Waals surface area contributed by atoms with Crippen molar-refractivity contribution in [2.75, 3.05) is 0 Å². The van der Waals surface area contributed by atoms with Crippen LogP contribution in [0.3, 0.4) is 0 Å². The van der Waals surface area contributed by atoms with E-state index in [1.165, 1.54) is 23.0 Å². The van der Waals surface area contributed by atoms with E-state index in [-0.39, 0.29) is 31.0 Å². The van der Waals surface area contributed by atoms with Crippen LogP contribution in [0.25, 0.3) is 11.1 Å². The SMILES string of the molecule is Cn1nc(COC(=O)CCC(=O)O)cc1Cn1cc(-c2ccc(Cl)c(C(F)(F)F)c2)cn1. The lowest BCUT2D eigenvalue weighted by Gasteiger charge is -2.10. The molecule has 0 aliphatic carbocycles. The van der Waals surface area contributed by atoms with Crippen molar-refractivity contribution in [3.63, 3.8) is 0 Å². The molecule has 170 valence electrons. The summed E-state index contributed by atoms with van der Waals surface area (Å²) in [6, 6.07) is 5.35. The summed E-state index contributed by atoms with van der Waals surface area (Å²) in [5.41, 5.74) is 1.07. The first-order valence-corrected chi connectivity index (χ1v) is 9.69. The van der Waals surface area contributed by atoms with Crippen LogP contribution in [0.15, 0.2) is 36.7 Å². The Labute approximate surface area is 185 Å². The van der Waals surface area contributed by atoms with E-state index in [1.54, 1.807) is 24.0 Å². The van der Waals surface area contributed by atoms with Gasteiger partial charge in [-0.1, -0.05) is 17.7 Å². The molecular formula is C20H18ClF3N4O4. The largest absolute Gasteiger partial charge is 0.481 e. The van der Waals surface area contributed by atoms with Gasteiger partial charge in [-0.25, -0.2) is 0 Å². The highest BCUT2D eigenvalue weighted by Crippen LogP contribution is 2.37. The minimum Gasteiger partial charge on any atom is -0.481 e. The van der Waals surface area contributed by atoms with Crippen LogP contribution in [0, 0.1) is 0 Å². The van der Waals surface area contributed by atoms with Gasteiger partial charge in [0, 0.05) is 18.8 Å². The molecule has 3 aromatic rings. The van der Waals surface area contributed by atoms with Crippen molar-refractivity contribution < 1.29 is 32.6 Å². The van der Waals surface area contributed by atoms with E-state index in [0.717, 1.165) is 6.07 Å². The molecule has 32 heavy (non-hydrogen) atoms. The van der Waals surface area contributed by atoms with E-state index < -0.39 is 23.7 Å². The number of nitrogens with zero attached hydrogens (tertiary/aromatic N) is 4. The highest BCUT2D eigenvalue weighted by molar-refractivity contribution is 6.31. The Hall–Kier alpha value is -3.34. The van der Waals surface area contributed by atoms with E-state index in [1.807, 2.05) is 0 Å².